The molecule has 0 fully saturated rings. The Morgan fingerprint density at radius 3 is 1.75 bits per heavy atom. The van der Waals surface area contributed by atoms with E-state index in [9.17, 15) is 0 Å². The minimum absolute atomic E-state index is 0.492. The molecule has 1 spiro atoms. The zero-order valence-electron chi connectivity index (χ0n) is 28.8. The van der Waals surface area contributed by atoms with E-state index in [0.717, 1.165) is 39.0 Å². The minimum atomic E-state index is -0.492. The van der Waals surface area contributed by atoms with Crippen molar-refractivity contribution >= 4 is 60.5 Å². The summed E-state index contributed by atoms with van der Waals surface area (Å²) in [5.74, 6) is 0. The standard InChI is InChI=1S/C51H31NO/c1-2-15-33(16-3-1)52(34-27-29-48-41(30-34)39-21-10-13-25-47(39)53-48)46-31-45-50(40-22-7-6-20-38(40)46)49-35-17-5-4-14-32(35)26-28-44(49)51(45)42-23-11-8-18-36(42)37-19-9-12-24-43(37)51/h1-31H. The van der Waals surface area contributed by atoms with E-state index in [4.69, 9.17) is 4.42 Å². The molecule has 0 radical (unpaired) electrons. The minimum Gasteiger partial charge on any atom is -0.456 e. The lowest BCUT2D eigenvalue weighted by Gasteiger charge is -2.33. The molecule has 0 saturated carbocycles. The third kappa shape index (κ3) is 3.72. The van der Waals surface area contributed by atoms with Gasteiger partial charge in [0.1, 0.15) is 11.2 Å². The first-order chi connectivity index (χ1) is 26.3. The Kier molecular flexibility index (Phi) is 5.73. The molecule has 12 rings (SSSR count). The van der Waals surface area contributed by atoms with Crippen LogP contribution in [-0.2, 0) is 5.41 Å². The molecule has 2 heteroatoms. The summed E-state index contributed by atoms with van der Waals surface area (Å²) in [5, 5.41) is 7.25. The van der Waals surface area contributed by atoms with Crippen LogP contribution in [0.25, 0.3) is 65.7 Å². The molecule has 0 atom stereocenters. The average molecular weight is 674 g/mol. The van der Waals surface area contributed by atoms with Gasteiger partial charge in [0.2, 0.25) is 0 Å². The Bertz CT molecular complexity index is 3090. The first-order valence-corrected chi connectivity index (χ1v) is 18.4. The topological polar surface area (TPSA) is 16.4 Å². The van der Waals surface area contributed by atoms with Crippen molar-refractivity contribution in [3.05, 3.63) is 210 Å². The molecule has 10 aromatic rings. The zero-order valence-corrected chi connectivity index (χ0v) is 28.8. The lowest BCUT2D eigenvalue weighted by molar-refractivity contribution is 0.669. The molecular formula is C51H31NO. The van der Waals surface area contributed by atoms with Crippen LogP contribution in [0.4, 0.5) is 17.1 Å². The van der Waals surface area contributed by atoms with Crippen molar-refractivity contribution in [3.8, 4) is 22.3 Å². The summed E-state index contributed by atoms with van der Waals surface area (Å²) in [5.41, 5.74) is 15.3. The average Bonchev–Trinajstić information content (AvgIpc) is 3.85. The van der Waals surface area contributed by atoms with Gasteiger partial charge in [-0.2, -0.15) is 0 Å². The quantitative estimate of drug-likeness (QED) is 0.186. The van der Waals surface area contributed by atoms with Gasteiger partial charge in [-0.05, 0) is 103 Å². The third-order valence-corrected chi connectivity index (χ3v) is 11.8. The fourth-order valence-electron chi connectivity index (χ4n) is 9.78. The SMILES string of the molecule is c1ccc(N(c2ccc3oc4ccccc4c3c2)c2cc3c(c4ccccc24)-c2c(ccc4ccccc24)C32c3ccccc3-c3ccccc32)cc1. The van der Waals surface area contributed by atoms with Crippen LogP contribution in [0.15, 0.2) is 192 Å². The maximum absolute atomic E-state index is 6.31. The molecule has 2 aliphatic carbocycles. The Hall–Kier alpha value is -6.90. The lowest BCUT2D eigenvalue weighted by Crippen LogP contribution is -2.26. The Morgan fingerprint density at radius 2 is 0.962 bits per heavy atom. The van der Waals surface area contributed by atoms with Gasteiger partial charge in [-0.25, -0.2) is 0 Å². The number of anilines is 3. The van der Waals surface area contributed by atoms with Crippen LogP contribution in [0, 0.1) is 0 Å². The van der Waals surface area contributed by atoms with Crippen molar-refractivity contribution < 1.29 is 4.42 Å². The van der Waals surface area contributed by atoms with E-state index in [1.807, 2.05) is 6.07 Å². The van der Waals surface area contributed by atoms with Crippen LogP contribution >= 0.6 is 0 Å². The predicted molar refractivity (Wildman–Crippen MR) is 220 cm³/mol. The molecule has 0 saturated heterocycles. The Balaban J connectivity index is 1.25. The van der Waals surface area contributed by atoms with Gasteiger partial charge in [0.15, 0.2) is 0 Å². The number of benzene rings is 9. The molecule has 53 heavy (non-hydrogen) atoms. The van der Waals surface area contributed by atoms with Gasteiger partial charge in [0, 0.05) is 27.5 Å². The Labute approximate surface area is 306 Å². The zero-order chi connectivity index (χ0) is 34.7. The van der Waals surface area contributed by atoms with E-state index in [0.29, 0.717) is 0 Å². The maximum atomic E-state index is 6.31. The van der Waals surface area contributed by atoms with E-state index in [1.165, 1.54) is 66.1 Å². The van der Waals surface area contributed by atoms with E-state index in [1.54, 1.807) is 0 Å². The molecule has 0 amide bonds. The van der Waals surface area contributed by atoms with Crippen LogP contribution in [0.3, 0.4) is 0 Å². The van der Waals surface area contributed by atoms with E-state index in [2.05, 4.69) is 187 Å². The molecule has 2 aliphatic rings. The molecule has 2 nitrogen and oxygen atoms in total. The molecule has 1 aromatic heterocycles. The van der Waals surface area contributed by atoms with Gasteiger partial charge in [-0.1, -0.05) is 146 Å². The molecule has 0 bridgehead atoms. The number of nitrogens with zero attached hydrogens (tertiary/aromatic N) is 1. The van der Waals surface area contributed by atoms with Gasteiger partial charge >= 0.3 is 0 Å². The summed E-state index contributed by atoms with van der Waals surface area (Å²) in [4.78, 5) is 2.45. The van der Waals surface area contributed by atoms with Gasteiger partial charge < -0.3 is 9.32 Å². The van der Waals surface area contributed by atoms with E-state index in [-0.39, 0.29) is 0 Å². The maximum Gasteiger partial charge on any atom is 0.135 e. The van der Waals surface area contributed by atoms with E-state index < -0.39 is 5.41 Å². The van der Waals surface area contributed by atoms with Crippen LogP contribution in [0.1, 0.15) is 22.3 Å². The number of hydrogen-bond donors (Lipinski definition) is 0. The number of rotatable bonds is 3. The Morgan fingerprint density at radius 1 is 0.358 bits per heavy atom. The highest BCUT2D eigenvalue weighted by molar-refractivity contribution is 6.17. The van der Waals surface area contributed by atoms with Crippen molar-refractivity contribution in [2.75, 3.05) is 4.90 Å². The first kappa shape index (κ1) is 28.8. The molecular weight excluding hydrogens is 643 g/mol. The fourth-order valence-corrected chi connectivity index (χ4v) is 9.78. The van der Waals surface area contributed by atoms with Gasteiger partial charge in [-0.15, -0.1) is 0 Å². The third-order valence-electron chi connectivity index (χ3n) is 11.8. The largest absolute Gasteiger partial charge is 0.456 e. The van der Waals surface area contributed by atoms with Crippen LogP contribution in [-0.4, -0.2) is 0 Å². The van der Waals surface area contributed by atoms with E-state index >= 15 is 0 Å². The molecule has 0 aliphatic heterocycles. The van der Waals surface area contributed by atoms with Crippen LogP contribution < -0.4 is 4.90 Å². The van der Waals surface area contributed by atoms with Crippen molar-refractivity contribution in [3.63, 3.8) is 0 Å². The molecule has 9 aromatic carbocycles. The summed E-state index contributed by atoms with van der Waals surface area (Å²) >= 11 is 0. The highest BCUT2D eigenvalue weighted by Gasteiger charge is 2.52. The van der Waals surface area contributed by atoms with Crippen molar-refractivity contribution in [2.45, 2.75) is 5.41 Å². The second kappa shape index (κ2) is 10.6. The highest BCUT2D eigenvalue weighted by Crippen LogP contribution is 2.65. The van der Waals surface area contributed by atoms with Crippen molar-refractivity contribution in [1.29, 1.82) is 0 Å². The van der Waals surface area contributed by atoms with Crippen molar-refractivity contribution in [1.82, 2.24) is 0 Å². The predicted octanol–water partition coefficient (Wildman–Crippen LogP) is 13.7. The number of hydrogen-bond acceptors (Lipinski definition) is 2. The lowest BCUT2D eigenvalue weighted by atomic mass is 9.70. The smallest absolute Gasteiger partial charge is 0.135 e. The van der Waals surface area contributed by atoms with Crippen molar-refractivity contribution in [2.24, 2.45) is 0 Å². The van der Waals surface area contributed by atoms with Crippen LogP contribution in [0.2, 0.25) is 0 Å². The monoisotopic (exact) mass is 673 g/mol. The summed E-state index contributed by atoms with van der Waals surface area (Å²) in [6.07, 6.45) is 0. The number of para-hydroxylation sites is 2. The highest BCUT2D eigenvalue weighted by atomic mass is 16.3. The molecule has 1 heterocycles. The first-order valence-electron chi connectivity index (χ1n) is 18.4. The summed E-state index contributed by atoms with van der Waals surface area (Å²) < 4.78 is 6.31. The number of fused-ring (bicyclic) bond motifs is 17. The van der Waals surface area contributed by atoms with Gasteiger partial charge in [0.05, 0.1) is 11.1 Å². The summed E-state index contributed by atoms with van der Waals surface area (Å²) in [7, 11) is 0. The van der Waals surface area contributed by atoms with Gasteiger partial charge in [0.25, 0.3) is 0 Å². The van der Waals surface area contributed by atoms with Gasteiger partial charge in [-0.3, -0.25) is 0 Å². The second-order valence-electron chi connectivity index (χ2n) is 14.4. The van der Waals surface area contributed by atoms with Crippen LogP contribution in [0.5, 0.6) is 0 Å². The molecule has 0 N–H and O–H groups in total. The summed E-state index contributed by atoms with van der Waals surface area (Å²) in [6.45, 7) is 0. The second-order valence-corrected chi connectivity index (χ2v) is 14.4. The molecule has 0 unspecified atom stereocenters. The normalized spacial score (nSPS) is 13.4. The molecule has 246 valence electrons. The fraction of sp³-hybridized carbons (Fsp3) is 0.0196. The summed E-state index contributed by atoms with van der Waals surface area (Å²) in [6, 6.07) is 69.1. The number of furan rings is 1.